The molecule has 2 amide bonds. The maximum atomic E-state index is 12.7. The van der Waals surface area contributed by atoms with Gasteiger partial charge in [0.2, 0.25) is 5.91 Å². The van der Waals surface area contributed by atoms with Gasteiger partial charge in [0.25, 0.3) is 5.91 Å². The van der Waals surface area contributed by atoms with E-state index in [0.717, 1.165) is 36.1 Å². The van der Waals surface area contributed by atoms with Crippen LogP contribution in [-0.4, -0.2) is 34.4 Å². The standard InChI is InChI=1S/C23H28N4O2/c1-3-16(2)21(27-22(28)17-10-5-4-6-11-17)23(29)24-15-9-14-20-25-18-12-7-8-13-19(18)26-20/h4-8,10-13,16,21H,3,9,14-15H2,1-2H3,(H,24,29)(H,25,26)(H,27,28). The van der Waals surface area contributed by atoms with E-state index in [9.17, 15) is 9.59 Å². The minimum Gasteiger partial charge on any atom is -0.354 e. The van der Waals surface area contributed by atoms with Crippen LogP contribution in [0.4, 0.5) is 0 Å². The Morgan fingerprint density at radius 2 is 1.79 bits per heavy atom. The van der Waals surface area contributed by atoms with Gasteiger partial charge in [-0.25, -0.2) is 4.98 Å². The van der Waals surface area contributed by atoms with Crippen LogP contribution in [0.2, 0.25) is 0 Å². The van der Waals surface area contributed by atoms with Crippen molar-refractivity contribution in [3.8, 4) is 0 Å². The highest BCUT2D eigenvalue weighted by Gasteiger charge is 2.26. The van der Waals surface area contributed by atoms with Crippen molar-refractivity contribution in [2.45, 2.75) is 39.2 Å². The van der Waals surface area contributed by atoms with Gasteiger partial charge in [0, 0.05) is 18.5 Å². The SMILES string of the molecule is CCC(C)C(NC(=O)c1ccccc1)C(=O)NCCCc1nc2ccccc2[nH]1. The molecule has 29 heavy (non-hydrogen) atoms. The molecule has 0 radical (unpaired) electrons. The number of carbonyl (C=O) groups is 2. The zero-order valence-corrected chi connectivity index (χ0v) is 16.9. The van der Waals surface area contributed by atoms with Crippen molar-refractivity contribution in [1.82, 2.24) is 20.6 Å². The number of benzene rings is 2. The molecule has 0 aliphatic rings. The number of aryl methyl sites for hydroxylation is 1. The van der Waals surface area contributed by atoms with Crippen molar-refractivity contribution < 1.29 is 9.59 Å². The second-order valence-electron chi connectivity index (χ2n) is 7.30. The molecule has 1 aromatic heterocycles. The molecule has 0 aliphatic carbocycles. The quantitative estimate of drug-likeness (QED) is 0.488. The second-order valence-corrected chi connectivity index (χ2v) is 7.30. The smallest absolute Gasteiger partial charge is 0.251 e. The zero-order chi connectivity index (χ0) is 20.6. The number of amides is 2. The van der Waals surface area contributed by atoms with Crippen molar-refractivity contribution in [1.29, 1.82) is 0 Å². The fourth-order valence-corrected chi connectivity index (χ4v) is 3.22. The van der Waals surface area contributed by atoms with Gasteiger partial charge < -0.3 is 15.6 Å². The van der Waals surface area contributed by atoms with E-state index in [2.05, 4.69) is 20.6 Å². The third-order valence-electron chi connectivity index (χ3n) is 5.15. The molecule has 0 bridgehead atoms. The molecule has 2 unspecified atom stereocenters. The lowest BCUT2D eigenvalue weighted by molar-refractivity contribution is -0.124. The Morgan fingerprint density at radius 1 is 1.07 bits per heavy atom. The number of para-hydroxylation sites is 2. The minimum atomic E-state index is -0.557. The van der Waals surface area contributed by atoms with Crippen LogP contribution in [0.3, 0.4) is 0 Å². The predicted octanol–water partition coefficient (Wildman–Crippen LogP) is 3.46. The highest BCUT2D eigenvalue weighted by atomic mass is 16.2. The number of imidazole rings is 1. The van der Waals surface area contributed by atoms with E-state index in [-0.39, 0.29) is 17.7 Å². The number of fused-ring (bicyclic) bond motifs is 1. The van der Waals surface area contributed by atoms with Crippen LogP contribution in [0, 0.1) is 5.92 Å². The Hall–Kier alpha value is -3.15. The summed E-state index contributed by atoms with van der Waals surface area (Å²) in [6, 6.07) is 16.3. The number of carbonyl (C=O) groups excluding carboxylic acids is 2. The lowest BCUT2D eigenvalue weighted by Crippen LogP contribution is -2.50. The van der Waals surface area contributed by atoms with E-state index in [1.165, 1.54) is 0 Å². The third-order valence-corrected chi connectivity index (χ3v) is 5.15. The summed E-state index contributed by atoms with van der Waals surface area (Å²) in [5.74, 6) is 0.580. The Kier molecular flexibility index (Phi) is 7.00. The molecule has 2 aromatic carbocycles. The number of rotatable bonds is 9. The van der Waals surface area contributed by atoms with Crippen molar-refractivity contribution in [3.63, 3.8) is 0 Å². The lowest BCUT2D eigenvalue weighted by atomic mass is 9.97. The molecule has 0 spiro atoms. The van der Waals surface area contributed by atoms with Crippen molar-refractivity contribution in [2.24, 2.45) is 5.92 Å². The monoisotopic (exact) mass is 392 g/mol. The number of hydrogen-bond acceptors (Lipinski definition) is 3. The van der Waals surface area contributed by atoms with Gasteiger partial charge in [-0.1, -0.05) is 50.6 Å². The molecular weight excluding hydrogens is 364 g/mol. The van der Waals surface area contributed by atoms with E-state index >= 15 is 0 Å². The normalized spacial score (nSPS) is 13.0. The Bertz CT molecular complexity index is 919. The van der Waals surface area contributed by atoms with Crippen LogP contribution in [0.15, 0.2) is 54.6 Å². The molecule has 6 heteroatoms. The maximum Gasteiger partial charge on any atom is 0.251 e. The summed E-state index contributed by atoms with van der Waals surface area (Å²) >= 11 is 0. The second kappa shape index (κ2) is 9.87. The molecule has 6 nitrogen and oxygen atoms in total. The third kappa shape index (κ3) is 5.44. The first-order valence-corrected chi connectivity index (χ1v) is 10.2. The molecule has 152 valence electrons. The molecule has 3 N–H and O–H groups in total. The van der Waals surface area contributed by atoms with Gasteiger partial charge in [0.1, 0.15) is 11.9 Å². The maximum absolute atomic E-state index is 12.7. The van der Waals surface area contributed by atoms with Crippen LogP contribution in [-0.2, 0) is 11.2 Å². The summed E-state index contributed by atoms with van der Waals surface area (Å²) in [5, 5.41) is 5.85. The van der Waals surface area contributed by atoms with E-state index in [0.29, 0.717) is 12.1 Å². The number of hydrogen-bond donors (Lipinski definition) is 3. The van der Waals surface area contributed by atoms with E-state index in [4.69, 9.17) is 0 Å². The summed E-state index contributed by atoms with van der Waals surface area (Å²) in [5.41, 5.74) is 2.53. The number of aromatic nitrogens is 2. The first-order chi connectivity index (χ1) is 14.1. The molecular formula is C23H28N4O2. The van der Waals surface area contributed by atoms with Gasteiger partial charge in [-0.3, -0.25) is 9.59 Å². The highest BCUT2D eigenvalue weighted by molar-refractivity contribution is 5.97. The molecule has 0 saturated carbocycles. The zero-order valence-electron chi connectivity index (χ0n) is 16.9. The molecule has 2 atom stereocenters. The van der Waals surface area contributed by atoms with E-state index < -0.39 is 6.04 Å². The Morgan fingerprint density at radius 3 is 2.52 bits per heavy atom. The summed E-state index contributed by atoms with van der Waals surface area (Å²) in [6.45, 7) is 4.52. The molecule has 3 rings (SSSR count). The van der Waals surface area contributed by atoms with Gasteiger partial charge in [0.15, 0.2) is 0 Å². The fourth-order valence-electron chi connectivity index (χ4n) is 3.22. The van der Waals surface area contributed by atoms with Crippen LogP contribution in [0.25, 0.3) is 11.0 Å². The Labute approximate surface area is 171 Å². The minimum absolute atomic E-state index is 0.0398. The fraction of sp³-hybridized carbons (Fsp3) is 0.348. The van der Waals surface area contributed by atoms with Gasteiger partial charge >= 0.3 is 0 Å². The largest absolute Gasteiger partial charge is 0.354 e. The average molecular weight is 393 g/mol. The first-order valence-electron chi connectivity index (χ1n) is 10.2. The Balaban J connectivity index is 1.52. The number of aromatic amines is 1. The summed E-state index contributed by atoms with van der Waals surface area (Å²) in [4.78, 5) is 33.0. The number of nitrogens with one attached hydrogen (secondary N) is 3. The van der Waals surface area contributed by atoms with Crippen LogP contribution >= 0.6 is 0 Å². The molecule has 0 fully saturated rings. The summed E-state index contributed by atoms with van der Waals surface area (Å²) in [6.07, 6.45) is 2.32. The van der Waals surface area contributed by atoms with E-state index in [1.807, 2.05) is 56.3 Å². The van der Waals surface area contributed by atoms with Gasteiger partial charge in [-0.15, -0.1) is 0 Å². The number of nitrogens with zero attached hydrogens (tertiary/aromatic N) is 1. The van der Waals surface area contributed by atoms with E-state index in [1.54, 1.807) is 12.1 Å². The number of H-pyrrole nitrogens is 1. The van der Waals surface area contributed by atoms with Gasteiger partial charge in [0.05, 0.1) is 11.0 Å². The van der Waals surface area contributed by atoms with Gasteiger partial charge in [-0.2, -0.15) is 0 Å². The van der Waals surface area contributed by atoms with Gasteiger partial charge in [-0.05, 0) is 36.6 Å². The summed E-state index contributed by atoms with van der Waals surface area (Å²) < 4.78 is 0. The topological polar surface area (TPSA) is 86.9 Å². The predicted molar refractivity (Wildman–Crippen MR) is 115 cm³/mol. The van der Waals surface area contributed by atoms with Crippen LogP contribution in [0.5, 0.6) is 0 Å². The average Bonchev–Trinajstić information content (AvgIpc) is 3.17. The first kappa shape index (κ1) is 20.6. The molecule has 3 aromatic rings. The molecule has 0 saturated heterocycles. The summed E-state index contributed by atoms with van der Waals surface area (Å²) in [7, 11) is 0. The van der Waals surface area contributed by atoms with Crippen LogP contribution < -0.4 is 10.6 Å². The molecule has 1 heterocycles. The van der Waals surface area contributed by atoms with Crippen molar-refractivity contribution >= 4 is 22.8 Å². The lowest BCUT2D eigenvalue weighted by Gasteiger charge is -2.23. The van der Waals surface area contributed by atoms with Crippen molar-refractivity contribution in [3.05, 3.63) is 66.0 Å². The highest BCUT2D eigenvalue weighted by Crippen LogP contribution is 2.12. The van der Waals surface area contributed by atoms with Crippen LogP contribution in [0.1, 0.15) is 42.9 Å². The van der Waals surface area contributed by atoms with Crippen molar-refractivity contribution in [2.75, 3.05) is 6.54 Å². The molecule has 0 aliphatic heterocycles.